The fourth-order valence-corrected chi connectivity index (χ4v) is 6.83. The Morgan fingerprint density at radius 1 is 1.05 bits per heavy atom. The summed E-state index contributed by atoms with van der Waals surface area (Å²) in [6.45, 7) is -0.139. The van der Waals surface area contributed by atoms with Crippen molar-refractivity contribution in [3.05, 3.63) is 72.2 Å². The second-order valence-corrected chi connectivity index (χ2v) is 10.9. The Balaban J connectivity index is 1.33. The number of piperidine rings is 1. The van der Waals surface area contributed by atoms with E-state index in [0.717, 1.165) is 40.8 Å². The molecule has 1 amide bonds. The van der Waals surface area contributed by atoms with Crippen molar-refractivity contribution < 1.29 is 35.2 Å². The van der Waals surface area contributed by atoms with Gasteiger partial charge in [-0.05, 0) is 61.2 Å². The van der Waals surface area contributed by atoms with Gasteiger partial charge in [-0.2, -0.15) is 17.5 Å². The maximum atomic E-state index is 14.6. The van der Waals surface area contributed by atoms with Gasteiger partial charge in [0.25, 0.3) is 0 Å². The summed E-state index contributed by atoms with van der Waals surface area (Å²) in [4.78, 5) is 24.4. The van der Waals surface area contributed by atoms with Gasteiger partial charge in [-0.1, -0.05) is 0 Å². The van der Waals surface area contributed by atoms with Crippen LogP contribution in [0.5, 0.6) is 0 Å². The standard InChI is InChI=1S/C24H20F5N5O3S/c25-15-2-4-17(5-3-15)38(36,37)34-20-8-14(7-18(20)26)22(34)23(35)31-11-16-9-19(33-12-32-16)13-1-6-21(30-10-13)24(27,28)29/h1-6,9-10,12,14,18,20,22H,7-8,11H2,(H,31,35)/t14-,18?,20-,22-/m0/s1. The number of hydrogen-bond acceptors (Lipinski definition) is 6. The van der Waals surface area contributed by atoms with Gasteiger partial charge in [-0.15, -0.1) is 0 Å². The van der Waals surface area contributed by atoms with Crippen molar-refractivity contribution in [2.45, 2.75) is 48.7 Å². The van der Waals surface area contributed by atoms with E-state index in [2.05, 4.69) is 20.3 Å². The first kappa shape index (κ1) is 26.1. The van der Waals surface area contributed by atoms with Gasteiger partial charge in [0, 0.05) is 11.8 Å². The van der Waals surface area contributed by atoms with Crippen LogP contribution in [0.1, 0.15) is 24.2 Å². The number of sulfonamides is 1. The quantitative estimate of drug-likeness (QED) is 0.469. The average Bonchev–Trinajstić information content (AvgIpc) is 3.45. The van der Waals surface area contributed by atoms with Gasteiger partial charge in [0.15, 0.2) is 0 Å². The third-order valence-electron chi connectivity index (χ3n) is 6.71. The van der Waals surface area contributed by atoms with E-state index in [-0.39, 0.29) is 30.0 Å². The Morgan fingerprint density at radius 2 is 1.79 bits per heavy atom. The van der Waals surface area contributed by atoms with Crippen molar-refractivity contribution in [1.82, 2.24) is 24.6 Å². The fraction of sp³-hybridized carbons (Fsp3) is 0.333. The zero-order valence-electron chi connectivity index (χ0n) is 19.4. The van der Waals surface area contributed by atoms with E-state index >= 15 is 0 Å². The van der Waals surface area contributed by atoms with Crippen LogP contribution in [0.15, 0.2) is 59.9 Å². The zero-order chi connectivity index (χ0) is 27.2. The first-order valence-electron chi connectivity index (χ1n) is 11.5. The molecular formula is C24H20F5N5O3S. The molecule has 14 heteroatoms. The number of aromatic nitrogens is 3. The van der Waals surface area contributed by atoms with Gasteiger partial charge in [0.2, 0.25) is 15.9 Å². The number of alkyl halides is 4. The zero-order valence-corrected chi connectivity index (χ0v) is 20.3. The molecule has 2 aliphatic rings. The second kappa shape index (κ2) is 9.66. The van der Waals surface area contributed by atoms with Crippen LogP contribution in [0, 0.1) is 11.7 Å². The number of nitrogens with zero attached hydrogens (tertiary/aromatic N) is 4. The third kappa shape index (κ3) is 4.85. The molecular weight excluding hydrogens is 533 g/mol. The number of nitrogens with one attached hydrogen (secondary N) is 1. The minimum atomic E-state index is -4.58. The van der Waals surface area contributed by atoms with E-state index in [1.807, 2.05) is 0 Å². The van der Waals surface area contributed by atoms with Crippen LogP contribution < -0.4 is 5.32 Å². The highest BCUT2D eigenvalue weighted by Gasteiger charge is 2.58. The molecule has 3 heterocycles. The third-order valence-corrected chi connectivity index (χ3v) is 8.63. The highest BCUT2D eigenvalue weighted by atomic mass is 32.2. The smallest absolute Gasteiger partial charge is 0.349 e. The number of rotatable bonds is 6. The van der Waals surface area contributed by atoms with Gasteiger partial charge < -0.3 is 5.32 Å². The molecule has 0 radical (unpaired) electrons. The molecule has 1 saturated carbocycles. The highest BCUT2D eigenvalue weighted by molar-refractivity contribution is 7.89. The molecule has 1 N–H and O–H groups in total. The SMILES string of the molecule is O=C(NCc1cc(-c2ccc(C(F)(F)F)nc2)ncn1)[C@@H]1[C@H]2CC(F)[C@H](C2)N1S(=O)(=O)c1ccc(F)cc1. The van der Waals surface area contributed by atoms with E-state index in [0.29, 0.717) is 11.3 Å². The molecule has 38 heavy (non-hydrogen) atoms. The van der Waals surface area contributed by atoms with Gasteiger partial charge in [-0.25, -0.2) is 27.2 Å². The Hall–Kier alpha value is -3.52. The summed E-state index contributed by atoms with van der Waals surface area (Å²) in [5.41, 5.74) is -0.176. The number of amides is 1. The first-order valence-corrected chi connectivity index (χ1v) is 12.9. The predicted molar refractivity (Wildman–Crippen MR) is 123 cm³/mol. The summed E-state index contributed by atoms with van der Waals surface area (Å²) in [6, 6.07) is 5.39. The minimum absolute atomic E-state index is 0.0385. The largest absolute Gasteiger partial charge is 0.433 e. The number of carbonyl (C=O) groups is 1. The fourth-order valence-electron chi connectivity index (χ4n) is 4.97. The lowest BCUT2D eigenvalue weighted by Crippen LogP contribution is -2.55. The van der Waals surface area contributed by atoms with Crippen LogP contribution in [0.25, 0.3) is 11.3 Å². The number of pyridine rings is 1. The molecule has 1 aromatic carbocycles. The molecule has 0 spiro atoms. The molecule has 1 aliphatic carbocycles. The number of fused-ring (bicyclic) bond motifs is 2. The Morgan fingerprint density at radius 3 is 2.45 bits per heavy atom. The second-order valence-electron chi connectivity index (χ2n) is 9.09. The maximum Gasteiger partial charge on any atom is 0.433 e. The summed E-state index contributed by atoms with van der Waals surface area (Å²) < 4.78 is 93.8. The summed E-state index contributed by atoms with van der Waals surface area (Å²) >= 11 is 0. The monoisotopic (exact) mass is 553 g/mol. The van der Waals surface area contributed by atoms with E-state index in [1.165, 1.54) is 18.5 Å². The van der Waals surface area contributed by atoms with Crippen LogP contribution in [-0.2, 0) is 27.5 Å². The van der Waals surface area contributed by atoms with Gasteiger partial charge in [0.1, 0.15) is 30.1 Å². The van der Waals surface area contributed by atoms with Crippen molar-refractivity contribution in [2.24, 2.45) is 5.92 Å². The molecule has 1 aliphatic heterocycles. The summed E-state index contributed by atoms with van der Waals surface area (Å²) in [5.74, 6) is -1.82. The maximum absolute atomic E-state index is 14.6. The molecule has 2 aromatic heterocycles. The van der Waals surface area contributed by atoms with Gasteiger partial charge >= 0.3 is 6.18 Å². The lowest BCUT2D eigenvalue weighted by atomic mass is 9.99. The van der Waals surface area contributed by atoms with Crippen LogP contribution in [0.4, 0.5) is 22.0 Å². The molecule has 2 bridgehead atoms. The van der Waals surface area contributed by atoms with Gasteiger partial charge in [0.05, 0.1) is 28.9 Å². The summed E-state index contributed by atoms with van der Waals surface area (Å²) in [7, 11) is -4.30. The minimum Gasteiger partial charge on any atom is -0.349 e. The molecule has 4 atom stereocenters. The van der Waals surface area contributed by atoms with E-state index in [4.69, 9.17) is 0 Å². The normalized spacial score (nSPS) is 23.5. The molecule has 8 nitrogen and oxygen atoms in total. The summed E-state index contributed by atoms with van der Waals surface area (Å²) in [6.07, 6.45) is -3.60. The number of halogens is 5. The molecule has 1 saturated heterocycles. The molecule has 1 unspecified atom stereocenters. The van der Waals surface area contributed by atoms with Crippen LogP contribution in [0.3, 0.4) is 0 Å². The van der Waals surface area contributed by atoms with Gasteiger partial charge in [-0.3, -0.25) is 9.78 Å². The lowest BCUT2D eigenvalue weighted by Gasteiger charge is -2.34. The Labute approximate surface area is 214 Å². The van der Waals surface area contributed by atoms with Crippen molar-refractivity contribution in [1.29, 1.82) is 0 Å². The molecule has 2 fully saturated rings. The van der Waals surface area contributed by atoms with Crippen molar-refractivity contribution in [2.75, 3.05) is 0 Å². The Bertz CT molecular complexity index is 1450. The number of carbonyl (C=O) groups excluding carboxylic acids is 1. The summed E-state index contributed by atoms with van der Waals surface area (Å²) in [5, 5.41) is 2.63. The van der Waals surface area contributed by atoms with Crippen LogP contribution >= 0.6 is 0 Å². The topological polar surface area (TPSA) is 105 Å². The molecule has 5 rings (SSSR count). The number of hydrogen-bond donors (Lipinski definition) is 1. The van der Waals surface area contributed by atoms with Crippen molar-refractivity contribution in [3.63, 3.8) is 0 Å². The number of benzene rings is 1. The van der Waals surface area contributed by atoms with E-state index in [1.54, 1.807) is 0 Å². The van der Waals surface area contributed by atoms with E-state index < -0.39 is 57.8 Å². The highest BCUT2D eigenvalue weighted by Crippen LogP contribution is 2.46. The lowest BCUT2D eigenvalue weighted by molar-refractivity contribution is -0.141. The van der Waals surface area contributed by atoms with Crippen molar-refractivity contribution >= 4 is 15.9 Å². The predicted octanol–water partition coefficient (Wildman–Crippen LogP) is 3.50. The van der Waals surface area contributed by atoms with Crippen LogP contribution in [0.2, 0.25) is 0 Å². The van der Waals surface area contributed by atoms with Crippen molar-refractivity contribution in [3.8, 4) is 11.3 Å². The Kier molecular flexibility index (Phi) is 6.63. The van der Waals surface area contributed by atoms with Crippen LogP contribution in [-0.4, -0.2) is 51.8 Å². The molecule has 3 aromatic rings. The molecule has 200 valence electrons. The van der Waals surface area contributed by atoms with E-state index in [9.17, 15) is 35.2 Å². The first-order chi connectivity index (χ1) is 17.9. The average molecular weight is 554 g/mol.